The fraction of sp³-hybridized carbons (Fsp3) is 0.0833. The van der Waals surface area contributed by atoms with Crippen LogP contribution in [0.3, 0.4) is 0 Å². The molecule has 1 aromatic carbocycles. The Morgan fingerprint density at radius 1 is 1.44 bits per heavy atom. The predicted molar refractivity (Wildman–Crippen MR) is 70.0 cm³/mol. The molecule has 0 bridgehead atoms. The summed E-state index contributed by atoms with van der Waals surface area (Å²) in [6, 6.07) is 3.56. The lowest BCUT2D eigenvalue weighted by Gasteiger charge is -2.01. The highest BCUT2D eigenvalue weighted by Gasteiger charge is 2.21. The molecule has 3 aromatic rings. The van der Waals surface area contributed by atoms with Crippen LogP contribution in [0, 0.1) is 17.0 Å². The molecule has 0 aliphatic rings. The van der Waals surface area contributed by atoms with Gasteiger partial charge in [-0.05, 0) is 19.1 Å². The van der Waals surface area contributed by atoms with Gasteiger partial charge in [0.1, 0.15) is 5.52 Å². The van der Waals surface area contributed by atoms with Crippen molar-refractivity contribution in [3.05, 3.63) is 45.2 Å². The molecule has 3 rings (SSSR count). The van der Waals surface area contributed by atoms with Gasteiger partial charge in [-0.3, -0.25) is 15.1 Å². The number of nitrogens with zero attached hydrogens (tertiary/aromatic N) is 2. The third-order valence-corrected chi connectivity index (χ3v) is 3.44. The molecule has 0 aliphatic carbocycles. The second-order valence-electron chi connectivity index (χ2n) is 4.06. The summed E-state index contributed by atoms with van der Waals surface area (Å²) in [4.78, 5) is 17.8. The molecule has 0 saturated heterocycles. The predicted octanol–water partition coefficient (Wildman–Crippen LogP) is 3.59. The first kappa shape index (κ1) is 11.0. The third kappa shape index (κ3) is 1.37. The zero-order chi connectivity index (χ0) is 12.9. The van der Waals surface area contributed by atoms with E-state index in [1.165, 1.54) is 0 Å². The number of hydrogen-bond donors (Lipinski definition) is 1. The van der Waals surface area contributed by atoms with Gasteiger partial charge >= 0.3 is 0 Å². The standard InChI is InChI=1S/C12H8ClN3O2/c1-6-9(13)4-8-7-2-3-14-5-10(7)15-11(8)12(6)16(17)18/h2-5,15H,1H3. The summed E-state index contributed by atoms with van der Waals surface area (Å²) < 4.78 is 0. The fourth-order valence-electron chi connectivity index (χ4n) is 2.17. The number of aromatic amines is 1. The number of pyridine rings is 1. The Hall–Kier alpha value is -2.14. The molecule has 0 aliphatic heterocycles. The number of H-pyrrole nitrogens is 1. The molecule has 2 heterocycles. The van der Waals surface area contributed by atoms with Crippen LogP contribution in [-0.2, 0) is 0 Å². The topological polar surface area (TPSA) is 71.8 Å². The second kappa shape index (κ2) is 3.68. The number of hydrogen-bond acceptors (Lipinski definition) is 3. The molecular formula is C12H8ClN3O2. The Bertz CT molecular complexity index is 795. The summed E-state index contributed by atoms with van der Waals surface area (Å²) in [6.07, 6.45) is 3.29. The van der Waals surface area contributed by atoms with Crippen molar-refractivity contribution in [2.45, 2.75) is 6.92 Å². The molecule has 1 N–H and O–H groups in total. The van der Waals surface area contributed by atoms with E-state index in [2.05, 4.69) is 9.97 Å². The minimum atomic E-state index is -0.410. The lowest BCUT2D eigenvalue weighted by Crippen LogP contribution is -1.93. The first-order chi connectivity index (χ1) is 8.59. The molecule has 90 valence electrons. The normalized spacial score (nSPS) is 11.2. The van der Waals surface area contributed by atoms with E-state index < -0.39 is 4.92 Å². The number of rotatable bonds is 1. The number of nitro benzene ring substituents is 1. The van der Waals surface area contributed by atoms with E-state index in [-0.39, 0.29) is 5.69 Å². The largest absolute Gasteiger partial charge is 0.348 e. The van der Waals surface area contributed by atoms with E-state index in [9.17, 15) is 10.1 Å². The highest BCUT2D eigenvalue weighted by Crippen LogP contribution is 2.37. The van der Waals surface area contributed by atoms with Crippen molar-refractivity contribution >= 4 is 39.1 Å². The summed E-state index contributed by atoms with van der Waals surface area (Å²) in [5.74, 6) is 0. The van der Waals surface area contributed by atoms with Crippen LogP contribution in [0.5, 0.6) is 0 Å². The zero-order valence-electron chi connectivity index (χ0n) is 9.40. The smallest absolute Gasteiger partial charge is 0.297 e. The average molecular weight is 262 g/mol. The Kier molecular flexibility index (Phi) is 2.24. The number of nitrogens with one attached hydrogen (secondary N) is 1. The average Bonchev–Trinajstić information content (AvgIpc) is 2.68. The molecule has 0 spiro atoms. The summed E-state index contributed by atoms with van der Waals surface area (Å²) in [5, 5.41) is 13.2. The van der Waals surface area contributed by atoms with Crippen LogP contribution < -0.4 is 0 Å². The highest BCUT2D eigenvalue weighted by molar-refractivity contribution is 6.33. The number of nitro groups is 1. The Balaban J connectivity index is 2.59. The van der Waals surface area contributed by atoms with Crippen LogP contribution in [0.25, 0.3) is 21.8 Å². The monoisotopic (exact) mass is 261 g/mol. The maximum absolute atomic E-state index is 11.2. The fourth-order valence-corrected chi connectivity index (χ4v) is 2.36. The van der Waals surface area contributed by atoms with Crippen LogP contribution in [0.2, 0.25) is 5.02 Å². The highest BCUT2D eigenvalue weighted by atomic mass is 35.5. The van der Waals surface area contributed by atoms with Crippen molar-refractivity contribution in [2.75, 3.05) is 0 Å². The van der Waals surface area contributed by atoms with Gasteiger partial charge in [-0.1, -0.05) is 11.6 Å². The van der Waals surface area contributed by atoms with Gasteiger partial charge in [-0.2, -0.15) is 0 Å². The van der Waals surface area contributed by atoms with Crippen LogP contribution >= 0.6 is 11.6 Å². The van der Waals surface area contributed by atoms with Crippen LogP contribution in [-0.4, -0.2) is 14.9 Å². The molecule has 0 amide bonds. The molecule has 2 aromatic heterocycles. The van der Waals surface area contributed by atoms with Crippen LogP contribution in [0.15, 0.2) is 24.5 Å². The maximum Gasteiger partial charge on any atom is 0.297 e. The van der Waals surface area contributed by atoms with E-state index in [1.807, 2.05) is 6.07 Å². The van der Waals surface area contributed by atoms with Crippen LogP contribution in [0.4, 0.5) is 5.69 Å². The number of benzene rings is 1. The Labute approximate surface area is 107 Å². The minimum Gasteiger partial charge on any atom is -0.348 e. The molecule has 0 atom stereocenters. The van der Waals surface area contributed by atoms with Gasteiger partial charge in [0.25, 0.3) is 5.69 Å². The molecule has 6 heteroatoms. The van der Waals surface area contributed by atoms with Gasteiger partial charge < -0.3 is 4.98 Å². The quantitative estimate of drug-likeness (QED) is 0.537. The van der Waals surface area contributed by atoms with Gasteiger partial charge in [-0.25, -0.2) is 0 Å². The lowest BCUT2D eigenvalue weighted by atomic mass is 10.1. The van der Waals surface area contributed by atoms with Gasteiger partial charge in [0.05, 0.1) is 21.7 Å². The van der Waals surface area contributed by atoms with E-state index in [0.29, 0.717) is 16.1 Å². The molecule has 18 heavy (non-hydrogen) atoms. The molecule has 0 unspecified atom stereocenters. The van der Waals surface area contributed by atoms with E-state index in [0.717, 1.165) is 16.3 Å². The summed E-state index contributed by atoms with van der Waals surface area (Å²) in [5.41, 5.74) is 1.74. The van der Waals surface area contributed by atoms with Gasteiger partial charge in [0.2, 0.25) is 0 Å². The summed E-state index contributed by atoms with van der Waals surface area (Å²) >= 11 is 6.06. The van der Waals surface area contributed by atoms with E-state index in [4.69, 9.17) is 11.6 Å². The Morgan fingerprint density at radius 3 is 2.94 bits per heavy atom. The van der Waals surface area contributed by atoms with Gasteiger partial charge in [0.15, 0.2) is 0 Å². The number of aromatic nitrogens is 2. The minimum absolute atomic E-state index is 0.0219. The third-order valence-electron chi connectivity index (χ3n) is 3.04. The SMILES string of the molecule is Cc1c(Cl)cc2c([nH]c3cnccc32)c1[N+](=O)[O-]. The molecule has 5 nitrogen and oxygen atoms in total. The van der Waals surface area contributed by atoms with E-state index >= 15 is 0 Å². The number of halogens is 1. The Morgan fingerprint density at radius 2 is 2.22 bits per heavy atom. The van der Waals surface area contributed by atoms with Crippen LogP contribution in [0.1, 0.15) is 5.56 Å². The van der Waals surface area contributed by atoms with Crippen molar-refractivity contribution in [3.63, 3.8) is 0 Å². The van der Waals surface area contributed by atoms with Gasteiger partial charge in [-0.15, -0.1) is 0 Å². The first-order valence-electron chi connectivity index (χ1n) is 5.28. The molecule has 0 radical (unpaired) electrons. The van der Waals surface area contributed by atoms with Crippen molar-refractivity contribution in [1.82, 2.24) is 9.97 Å². The maximum atomic E-state index is 11.2. The number of fused-ring (bicyclic) bond motifs is 3. The summed E-state index contributed by atoms with van der Waals surface area (Å²) in [6.45, 7) is 1.64. The van der Waals surface area contributed by atoms with E-state index in [1.54, 1.807) is 25.4 Å². The van der Waals surface area contributed by atoms with Crippen molar-refractivity contribution in [1.29, 1.82) is 0 Å². The summed E-state index contributed by atoms with van der Waals surface area (Å²) in [7, 11) is 0. The molecular weight excluding hydrogens is 254 g/mol. The molecule has 0 fully saturated rings. The van der Waals surface area contributed by atoms with Crippen molar-refractivity contribution < 1.29 is 4.92 Å². The van der Waals surface area contributed by atoms with Crippen molar-refractivity contribution in [2.24, 2.45) is 0 Å². The first-order valence-corrected chi connectivity index (χ1v) is 5.66. The molecule has 0 saturated carbocycles. The van der Waals surface area contributed by atoms with Gasteiger partial charge in [0, 0.05) is 22.5 Å². The lowest BCUT2D eigenvalue weighted by molar-refractivity contribution is -0.383. The second-order valence-corrected chi connectivity index (χ2v) is 4.47. The zero-order valence-corrected chi connectivity index (χ0v) is 10.2. The van der Waals surface area contributed by atoms with Crippen molar-refractivity contribution in [3.8, 4) is 0 Å².